The molecule has 0 bridgehead atoms. The van der Waals surface area contributed by atoms with E-state index in [2.05, 4.69) is 10.9 Å². The average molecular weight is 300 g/mol. The summed E-state index contributed by atoms with van der Waals surface area (Å²) in [5, 5.41) is 0. The molecule has 0 aliphatic heterocycles. The molecule has 0 radical (unpaired) electrons. The Morgan fingerprint density at radius 3 is 2.18 bits per heavy atom. The predicted octanol–water partition coefficient (Wildman–Crippen LogP) is 2.02. The summed E-state index contributed by atoms with van der Waals surface area (Å²) in [7, 11) is 0. The van der Waals surface area contributed by atoms with Crippen molar-refractivity contribution in [3.8, 4) is 5.75 Å². The lowest BCUT2D eigenvalue weighted by Gasteiger charge is -2.09. The average Bonchev–Trinajstić information content (AvgIpc) is 2.58. The summed E-state index contributed by atoms with van der Waals surface area (Å²) in [6.45, 7) is -0.0773. The molecule has 2 amide bonds. The van der Waals surface area contributed by atoms with E-state index >= 15 is 0 Å². The number of carbonyl (C=O) groups excluding carboxylic acids is 2. The highest BCUT2D eigenvalue weighted by molar-refractivity contribution is 5.80. The molecule has 2 aromatic carbocycles. The number of hydrogen-bond acceptors (Lipinski definition) is 4. The maximum Gasteiger partial charge on any atom is 0.426 e. The van der Waals surface area contributed by atoms with Gasteiger partial charge in [0, 0.05) is 0 Å². The van der Waals surface area contributed by atoms with Gasteiger partial charge in [-0.1, -0.05) is 48.5 Å². The van der Waals surface area contributed by atoms with Crippen molar-refractivity contribution >= 4 is 12.0 Å². The normalized spacial score (nSPS) is 9.64. The van der Waals surface area contributed by atoms with Crippen LogP contribution in [0.25, 0.3) is 0 Å². The Kier molecular flexibility index (Phi) is 5.80. The second-order valence-electron chi connectivity index (χ2n) is 4.34. The Labute approximate surface area is 128 Å². The third kappa shape index (κ3) is 5.54. The monoisotopic (exact) mass is 300 g/mol. The first-order valence-electron chi connectivity index (χ1n) is 6.67. The van der Waals surface area contributed by atoms with Gasteiger partial charge in [-0.25, -0.2) is 10.2 Å². The van der Waals surface area contributed by atoms with Crippen molar-refractivity contribution < 1.29 is 19.1 Å². The minimum Gasteiger partial charge on any atom is -0.484 e. The van der Waals surface area contributed by atoms with Crippen molar-refractivity contribution in [3.63, 3.8) is 0 Å². The van der Waals surface area contributed by atoms with Crippen LogP contribution in [-0.2, 0) is 16.1 Å². The molecule has 114 valence electrons. The van der Waals surface area contributed by atoms with E-state index in [1.807, 2.05) is 36.4 Å². The molecule has 0 aliphatic carbocycles. The van der Waals surface area contributed by atoms with Gasteiger partial charge in [0.1, 0.15) is 12.4 Å². The van der Waals surface area contributed by atoms with Gasteiger partial charge in [0.25, 0.3) is 5.91 Å². The Balaban J connectivity index is 1.62. The van der Waals surface area contributed by atoms with Crippen molar-refractivity contribution in [3.05, 3.63) is 66.2 Å². The molecule has 0 spiro atoms. The number of nitrogens with one attached hydrogen (secondary N) is 2. The number of rotatable bonds is 5. The first kappa shape index (κ1) is 15.4. The fraction of sp³-hybridized carbons (Fsp3) is 0.125. The summed E-state index contributed by atoms with van der Waals surface area (Å²) in [6.07, 6.45) is -0.739. The number of hydrazine groups is 1. The Morgan fingerprint density at radius 1 is 0.864 bits per heavy atom. The minimum absolute atomic E-state index is 0.128. The van der Waals surface area contributed by atoms with Crippen molar-refractivity contribution in [2.24, 2.45) is 0 Å². The molecule has 2 rings (SSSR count). The molecule has 2 N–H and O–H groups in total. The van der Waals surface area contributed by atoms with Crippen LogP contribution in [0.3, 0.4) is 0 Å². The lowest BCUT2D eigenvalue weighted by Crippen LogP contribution is -2.44. The lowest BCUT2D eigenvalue weighted by molar-refractivity contribution is -0.124. The van der Waals surface area contributed by atoms with Gasteiger partial charge in [0.2, 0.25) is 0 Å². The quantitative estimate of drug-likeness (QED) is 0.828. The molecule has 0 fully saturated rings. The molecular formula is C16H16N2O4. The van der Waals surface area contributed by atoms with E-state index in [9.17, 15) is 9.59 Å². The van der Waals surface area contributed by atoms with Gasteiger partial charge < -0.3 is 9.47 Å². The number of para-hydroxylation sites is 1. The summed E-state index contributed by atoms with van der Waals surface area (Å²) >= 11 is 0. The Morgan fingerprint density at radius 2 is 1.50 bits per heavy atom. The topological polar surface area (TPSA) is 76.7 Å². The molecule has 6 heteroatoms. The first-order chi connectivity index (χ1) is 10.7. The summed E-state index contributed by atoms with van der Waals surface area (Å²) in [5.74, 6) is 0.0878. The molecule has 6 nitrogen and oxygen atoms in total. The molecular weight excluding hydrogens is 284 g/mol. The second kappa shape index (κ2) is 8.31. The summed E-state index contributed by atoms with van der Waals surface area (Å²) in [6, 6.07) is 18.1. The van der Waals surface area contributed by atoms with E-state index in [1.165, 1.54) is 0 Å². The molecule has 0 aromatic heterocycles. The van der Waals surface area contributed by atoms with E-state index in [1.54, 1.807) is 24.3 Å². The van der Waals surface area contributed by atoms with Gasteiger partial charge in [-0.2, -0.15) is 0 Å². The van der Waals surface area contributed by atoms with Crippen LogP contribution in [0.15, 0.2) is 60.7 Å². The SMILES string of the molecule is O=C(COc1ccccc1)NNC(=O)OCc1ccccc1. The van der Waals surface area contributed by atoms with E-state index in [0.29, 0.717) is 5.75 Å². The van der Waals surface area contributed by atoms with Crippen LogP contribution in [0.1, 0.15) is 5.56 Å². The smallest absolute Gasteiger partial charge is 0.426 e. The van der Waals surface area contributed by atoms with Crippen molar-refractivity contribution in [1.29, 1.82) is 0 Å². The Hall–Kier alpha value is -3.02. The maximum absolute atomic E-state index is 11.5. The van der Waals surface area contributed by atoms with Crippen LogP contribution < -0.4 is 15.6 Å². The molecule has 0 unspecified atom stereocenters. The van der Waals surface area contributed by atoms with Crippen LogP contribution in [0.2, 0.25) is 0 Å². The van der Waals surface area contributed by atoms with Crippen molar-refractivity contribution in [2.75, 3.05) is 6.61 Å². The summed E-state index contributed by atoms with van der Waals surface area (Å²) in [5.41, 5.74) is 5.21. The fourth-order valence-corrected chi connectivity index (χ4v) is 1.58. The molecule has 22 heavy (non-hydrogen) atoms. The number of hydrogen-bond donors (Lipinski definition) is 2. The van der Waals surface area contributed by atoms with Crippen LogP contribution in [-0.4, -0.2) is 18.6 Å². The first-order valence-corrected chi connectivity index (χ1v) is 6.67. The molecule has 2 aromatic rings. The highest BCUT2D eigenvalue weighted by Crippen LogP contribution is 2.07. The van der Waals surface area contributed by atoms with Crippen molar-refractivity contribution in [2.45, 2.75) is 6.61 Å². The zero-order valence-corrected chi connectivity index (χ0v) is 11.8. The highest BCUT2D eigenvalue weighted by atomic mass is 16.6. The number of benzene rings is 2. The molecule has 0 heterocycles. The number of amides is 2. The molecule has 0 saturated heterocycles. The van der Waals surface area contributed by atoms with Gasteiger partial charge in [-0.3, -0.25) is 10.2 Å². The standard InChI is InChI=1S/C16H16N2O4/c19-15(12-21-14-9-5-2-6-10-14)17-18-16(20)22-11-13-7-3-1-4-8-13/h1-10H,11-12H2,(H,17,19)(H,18,20). The molecule has 0 aliphatic rings. The minimum atomic E-state index is -0.739. The van der Waals surface area contributed by atoms with Crippen LogP contribution in [0.5, 0.6) is 5.75 Å². The van der Waals surface area contributed by atoms with Crippen LogP contribution >= 0.6 is 0 Å². The van der Waals surface area contributed by atoms with Gasteiger partial charge in [-0.15, -0.1) is 0 Å². The Bertz CT molecular complexity index is 547. The van der Waals surface area contributed by atoms with E-state index < -0.39 is 12.0 Å². The van der Waals surface area contributed by atoms with Crippen LogP contribution in [0, 0.1) is 0 Å². The summed E-state index contributed by atoms with van der Waals surface area (Å²) < 4.78 is 10.2. The van der Waals surface area contributed by atoms with Crippen LogP contribution in [0.4, 0.5) is 4.79 Å². The van der Waals surface area contributed by atoms with Gasteiger partial charge >= 0.3 is 6.09 Å². The van der Waals surface area contributed by atoms with E-state index in [-0.39, 0.29) is 13.2 Å². The second-order valence-corrected chi connectivity index (χ2v) is 4.34. The highest BCUT2D eigenvalue weighted by Gasteiger charge is 2.06. The fourth-order valence-electron chi connectivity index (χ4n) is 1.58. The van der Waals surface area contributed by atoms with Gasteiger partial charge in [0.05, 0.1) is 0 Å². The zero-order valence-electron chi connectivity index (χ0n) is 11.8. The van der Waals surface area contributed by atoms with Gasteiger partial charge in [-0.05, 0) is 17.7 Å². The molecule has 0 atom stereocenters. The molecule has 0 saturated carbocycles. The lowest BCUT2D eigenvalue weighted by atomic mass is 10.2. The number of ether oxygens (including phenoxy) is 2. The van der Waals surface area contributed by atoms with Crippen molar-refractivity contribution in [1.82, 2.24) is 10.9 Å². The predicted molar refractivity (Wildman–Crippen MR) is 79.8 cm³/mol. The third-order valence-electron chi connectivity index (χ3n) is 2.63. The van der Waals surface area contributed by atoms with E-state index in [4.69, 9.17) is 9.47 Å². The zero-order chi connectivity index (χ0) is 15.6. The third-order valence-corrected chi connectivity index (χ3v) is 2.63. The maximum atomic E-state index is 11.5. The van der Waals surface area contributed by atoms with E-state index in [0.717, 1.165) is 5.56 Å². The number of carbonyl (C=O) groups is 2. The van der Waals surface area contributed by atoms with Gasteiger partial charge in [0.15, 0.2) is 6.61 Å². The largest absolute Gasteiger partial charge is 0.484 e. The summed E-state index contributed by atoms with van der Waals surface area (Å²) in [4.78, 5) is 22.9.